The molecule has 0 radical (unpaired) electrons. The van der Waals surface area contributed by atoms with Crippen LogP contribution in [-0.4, -0.2) is 68.9 Å². The van der Waals surface area contributed by atoms with Crippen LogP contribution in [0.1, 0.15) is 5.56 Å². The number of nitrogens with one attached hydrogen (secondary N) is 1. The third-order valence-corrected chi connectivity index (χ3v) is 7.75. The number of hydrogen-bond acceptors (Lipinski definition) is 8. The summed E-state index contributed by atoms with van der Waals surface area (Å²) >= 11 is 7.79. The van der Waals surface area contributed by atoms with Gasteiger partial charge in [0.05, 0.1) is 35.9 Å². The highest BCUT2D eigenvalue weighted by Crippen LogP contribution is 2.39. The van der Waals surface area contributed by atoms with E-state index in [1.807, 2.05) is 42.5 Å². The number of morpholine rings is 1. The van der Waals surface area contributed by atoms with Gasteiger partial charge in [0.1, 0.15) is 0 Å². The molecule has 2 saturated heterocycles. The number of methoxy groups -OCH3 is 1. The van der Waals surface area contributed by atoms with Gasteiger partial charge in [-0.05, 0) is 71.9 Å². The second kappa shape index (κ2) is 13.1. The number of amidine groups is 1. The standard InChI is InChI=1S/C30H29ClN4O5S/c1-34-29(37)26(41-30(34)33-22-8-10-23(11-9-22)35-12-14-39-15-13-35)18-20-16-24(31)28(25(17-20)38-2)40-19-27(36)32-21-6-4-3-5-7-21/h3-11,16-18H,12-15,19H2,1-2H3,(H,32,36)/b26-18-,33-30?. The molecule has 0 atom stereocenters. The zero-order valence-corrected chi connectivity index (χ0v) is 24.2. The zero-order valence-electron chi connectivity index (χ0n) is 22.6. The topological polar surface area (TPSA) is 92.7 Å². The van der Waals surface area contributed by atoms with E-state index < -0.39 is 0 Å². The number of carbonyl (C=O) groups is 2. The number of carbonyl (C=O) groups excluding carboxylic acids is 2. The lowest BCUT2D eigenvalue weighted by Gasteiger charge is -2.28. The van der Waals surface area contributed by atoms with Gasteiger partial charge in [-0.1, -0.05) is 29.8 Å². The van der Waals surface area contributed by atoms with Gasteiger partial charge < -0.3 is 24.4 Å². The van der Waals surface area contributed by atoms with E-state index in [-0.39, 0.29) is 29.2 Å². The van der Waals surface area contributed by atoms with Gasteiger partial charge in [0.2, 0.25) is 0 Å². The van der Waals surface area contributed by atoms with Crippen molar-refractivity contribution in [1.82, 2.24) is 4.90 Å². The number of rotatable bonds is 8. The van der Waals surface area contributed by atoms with Crippen molar-refractivity contribution in [3.63, 3.8) is 0 Å². The van der Waals surface area contributed by atoms with Gasteiger partial charge in [0.25, 0.3) is 11.8 Å². The predicted molar refractivity (Wildman–Crippen MR) is 163 cm³/mol. The molecular formula is C30H29ClN4O5S. The normalized spacial score (nSPS) is 17.3. The van der Waals surface area contributed by atoms with Crippen molar-refractivity contribution in [2.75, 3.05) is 57.3 Å². The van der Waals surface area contributed by atoms with Crippen LogP contribution in [0.2, 0.25) is 5.02 Å². The first kappa shape index (κ1) is 28.5. The zero-order chi connectivity index (χ0) is 28.8. The van der Waals surface area contributed by atoms with Gasteiger partial charge in [0.15, 0.2) is 23.3 Å². The summed E-state index contributed by atoms with van der Waals surface area (Å²) in [6.45, 7) is 2.92. The number of aliphatic imine (C=N–C) groups is 1. The minimum atomic E-state index is -0.334. The summed E-state index contributed by atoms with van der Waals surface area (Å²) in [4.78, 5) is 34.3. The molecule has 2 heterocycles. The molecule has 2 aliphatic rings. The summed E-state index contributed by atoms with van der Waals surface area (Å²) in [5.41, 5.74) is 3.19. The van der Waals surface area contributed by atoms with Crippen LogP contribution in [-0.2, 0) is 14.3 Å². The fourth-order valence-electron chi connectivity index (χ4n) is 4.29. The fraction of sp³-hybridized carbons (Fsp3) is 0.233. The lowest BCUT2D eigenvalue weighted by molar-refractivity contribution is -0.121. The maximum atomic E-state index is 13.0. The lowest BCUT2D eigenvalue weighted by atomic mass is 10.2. The first-order chi connectivity index (χ1) is 19.9. The van der Waals surface area contributed by atoms with Crippen LogP contribution in [0.5, 0.6) is 11.5 Å². The molecule has 0 aliphatic carbocycles. The van der Waals surface area contributed by atoms with E-state index in [4.69, 9.17) is 30.8 Å². The van der Waals surface area contributed by atoms with Crippen molar-refractivity contribution in [3.05, 3.63) is 82.2 Å². The maximum absolute atomic E-state index is 13.0. The molecule has 0 bridgehead atoms. The Balaban J connectivity index is 1.27. The average Bonchev–Trinajstić information content (AvgIpc) is 3.25. The third-order valence-electron chi connectivity index (χ3n) is 6.41. The summed E-state index contributed by atoms with van der Waals surface area (Å²) in [6.07, 6.45) is 1.73. The highest BCUT2D eigenvalue weighted by atomic mass is 35.5. The van der Waals surface area contributed by atoms with E-state index >= 15 is 0 Å². The van der Waals surface area contributed by atoms with Crippen molar-refractivity contribution < 1.29 is 23.8 Å². The smallest absolute Gasteiger partial charge is 0.266 e. The lowest BCUT2D eigenvalue weighted by Crippen LogP contribution is -2.36. The summed E-state index contributed by atoms with van der Waals surface area (Å²) in [6, 6.07) is 20.4. The fourth-order valence-corrected chi connectivity index (χ4v) is 5.55. The van der Waals surface area contributed by atoms with Crippen LogP contribution in [0.25, 0.3) is 6.08 Å². The summed E-state index contributed by atoms with van der Waals surface area (Å²) in [7, 11) is 3.18. The molecular weight excluding hydrogens is 564 g/mol. The van der Waals surface area contributed by atoms with Crippen LogP contribution < -0.4 is 19.7 Å². The molecule has 3 aromatic rings. The van der Waals surface area contributed by atoms with Gasteiger partial charge in [-0.15, -0.1) is 0 Å². The monoisotopic (exact) mass is 592 g/mol. The van der Waals surface area contributed by atoms with E-state index in [1.54, 1.807) is 37.4 Å². The molecule has 0 saturated carbocycles. The maximum Gasteiger partial charge on any atom is 0.266 e. The molecule has 0 unspecified atom stereocenters. The first-order valence-electron chi connectivity index (χ1n) is 13.0. The Hall–Kier alpha value is -3.99. The van der Waals surface area contributed by atoms with Crippen LogP contribution in [0.4, 0.5) is 17.1 Å². The van der Waals surface area contributed by atoms with Crippen LogP contribution >= 0.6 is 23.4 Å². The number of benzene rings is 3. The van der Waals surface area contributed by atoms with E-state index in [0.29, 0.717) is 27.1 Å². The molecule has 3 aromatic carbocycles. The Labute approximate surface area is 247 Å². The number of halogens is 1. The number of para-hydroxylation sites is 1. The molecule has 2 amide bonds. The van der Waals surface area contributed by atoms with Gasteiger partial charge >= 0.3 is 0 Å². The van der Waals surface area contributed by atoms with Crippen molar-refractivity contribution in [1.29, 1.82) is 0 Å². The van der Waals surface area contributed by atoms with Gasteiger partial charge in [-0.25, -0.2) is 4.99 Å². The number of thioether (sulfide) groups is 1. The number of amides is 2. The average molecular weight is 593 g/mol. The van der Waals surface area contributed by atoms with Crippen LogP contribution in [0, 0.1) is 0 Å². The highest BCUT2D eigenvalue weighted by molar-refractivity contribution is 8.18. The summed E-state index contributed by atoms with van der Waals surface area (Å²) in [5.74, 6) is 0.0745. The molecule has 11 heteroatoms. The predicted octanol–water partition coefficient (Wildman–Crippen LogP) is 5.44. The number of anilines is 2. The van der Waals surface area contributed by atoms with Crippen LogP contribution in [0.15, 0.2) is 76.6 Å². The Morgan fingerprint density at radius 1 is 1.12 bits per heavy atom. The second-order valence-electron chi connectivity index (χ2n) is 9.22. The minimum absolute atomic E-state index is 0.174. The molecule has 0 spiro atoms. The molecule has 2 aliphatic heterocycles. The largest absolute Gasteiger partial charge is 0.493 e. The highest BCUT2D eigenvalue weighted by Gasteiger charge is 2.30. The van der Waals surface area contributed by atoms with E-state index in [0.717, 1.165) is 37.7 Å². The molecule has 41 heavy (non-hydrogen) atoms. The van der Waals surface area contributed by atoms with Gasteiger partial charge in [-0.2, -0.15) is 0 Å². The van der Waals surface area contributed by atoms with E-state index in [2.05, 4.69) is 10.2 Å². The molecule has 9 nitrogen and oxygen atoms in total. The number of nitrogens with zero attached hydrogens (tertiary/aromatic N) is 3. The van der Waals surface area contributed by atoms with Crippen LogP contribution in [0.3, 0.4) is 0 Å². The van der Waals surface area contributed by atoms with Crippen molar-refractivity contribution in [3.8, 4) is 11.5 Å². The van der Waals surface area contributed by atoms with Crippen molar-refractivity contribution in [2.45, 2.75) is 0 Å². The summed E-state index contributed by atoms with van der Waals surface area (Å²) in [5, 5.41) is 3.58. The summed E-state index contributed by atoms with van der Waals surface area (Å²) < 4.78 is 16.6. The SMILES string of the molecule is COc1cc(/C=C2\SC(=Nc3ccc(N4CCOCC4)cc3)N(C)C2=O)cc(Cl)c1OCC(=O)Nc1ccccc1. The molecule has 0 aromatic heterocycles. The molecule has 2 fully saturated rings. The van der Waals surface area contributed by atoms with Crippen molar-refractivity contribution in [2.24, 2.45) is 4.99 Å². The Morgan fingerprint density at radius 2 is 1.85 bits per heavy atom. The quantitative estimate of drug-likeness (QED) is 0.348. The van der Waals surface area contributed by atoms with Gasteiger partial charge in [0, 0.05) is 31.5 Å². The number of ether oxygens (including phenoxy) is 3. The van der Waals surface area contributed by atoms with E-state index in [9.17, 15) is 9.59 Å². The number of likely N-dealkylation sites (N-methyl/N-ethyl adjacent to an activating group) is 1. The molecule has 212 valence electrons. The van der Waals surface area contributed by atoms with E-state index in [1.165, 1.54) is 23.8 Å². The van der Waals surface area contributed by atoms with Gasteiger partial charge in [-0.3, -0.25) is 14.5 Å². The Kier molecular flexibility index (Phi) is 9.13. The number of hydrogen-bond donors (Lipinski definition) is 1. The first-order valence-corrected chi connectivity index (χ1v) is 14.1. The van der Waals surface area contributed by atoms with Crippen molar-refractivity contribution >= 4 is 63.5 Å². The minimum Gasteiger partial charge on any atom is -0.493 e. The second-order valence-corrected chi connectivity index (χ2v) is 10.6. The third kappa shape index (κ3) is 7.02. The Morgan fingerprint density at radius 3 is 2.56 bits per heavy atom. The molecule has 5 rings (SSSR count). The molecule has 1 N–H and O–H groups in total. The Bertz CT molecular complexity index is 1470.